The van der Waals surface area contributed by atoms with Crippen LogP contribution in [0.3, 0.4) is 0 Å². The van der Waals surface area contributed by atoms with Crippen LogP contribution in [-0.2, 0) is 0 Å². The van der Waals surface area contributed by atoms with Crippen molar-refractivity contribution in [1.82, 2.24) is 4.98 Å². The number of rotatable bonds is 2. The van der Waals surface area contributed by atoms with Crippen molar-refractivity contribution in [3.63, 3.8) is 0 Å². The van der Waals surface area contributed by atoms with E-state index in [1.54, 1.807) is 10.9 Å². The highest BCUT2D eigenvalue weighted by molar-refractivity contribution is 7.07. The second kappa shape index (κ2) is 3.95. The van der Waals surface area contributed by atoms with Crippen LogP contribution >= 0.6 is 11.3 Å². The molecule has 0 N–H and O–H groups in total. The van der Waals surface area contributed by atoms with E-state index in [0.717, 1.165) is 5.56 Å². The maximum atomic E-state index is 11.9. The zero-order valence-electron chi connectivity index (χ0n) is 8.65. The van der Waals surface area contributed by atoms with E-state index < -0.39 is 0 Å². The Balaban J connectivity index is 2.39. The Morgan fingerprint density at radius 2 is 2.07 bits per heavy atom. The molecule has 15 heavy (non-hydrogen) atoms. The minimum Gasteiger partial charge on any atom is -0.287 e. The van der Waals surface area contributed by atoms with Crippen LogP contribution in [0.4, 0.5) is 0 Å². The highest BCUT2D eigenvalue weighted by atomic mass is 32.1. The molecule has 0 bridgehead atoms. The van der Waals surface area contributed by atoms with E-state index in [1.165, 1.54) is 16.9 Å². The predicted molar refractivity (Wildman–Crippen MR) is 61.5 cm³/mol. The predicted octanol–water partition coefficient (Wildman–Crippen LogP) is 2.99. The van der Waals surface area contributed by atoms with E-state index in [1.807, 2.05) is 32.0 Å². The summed E-state index contributed by atoms with van der Waals surface area (Å²) in [6, 6.07) is 5.73. The van der Waals surface area contributed by atoms with Crippen LogP contribution < -0.4 is 0 Å². The first kappa shape index (κ1) is 10.1. The number of hydrogen-bond acceptors (Lipinski definition) is 3. The minimum atomic E-state index is -0.000602. The molecule has 0 aliphatic rings. The van der Waals surface area contributed by atoms with E-state index in [4.69, 9.17) is 0 Å². The summed E-state index contributed by atoms with van der Waals surface area (Å²) in [5.41, 5.74) is 5.25. The lowest BCUT2D eigenvalue weighted by molar-refractivity contribution is 0.103. The maximum absolute atomic E-state index is 11.9. The molecule has 0 radical (unpaired) electrons. The Morgan fingerprint density at radius 3 is 2.67 bits per heavy atom. The molecule has 76 valence electrons. The van der Waals surface area contributed by atoms with Crippen molar-refractivity contribution in [2.75, 3.05) is 0 Å². The summed E-state index contributed by atoms with van der Waals surface area (Å²) in [6.07, 6.45) is 0. The highest BCUT2D eigenvalue weighted by Crippen LogP contribution is 2.14. The van der Waals surface area contributed by atoms with Crippen molar-refractivity contribution in [1.29, 1.82) is 0 Å². The third-order valence-electron chi connectivity index (χ3n) is 2.43. The zero-order valence-corrected chi connectivity index (χ0v) is 9.47. The smallest absolute Gasteiger partial charge is 0.212 e. The van der Waals surface area contributed by atoms with Crippen molar-refractivity contribution in [3.05, 3.63) is 51.5 Å². The molecule has 0 fully saturated rings. The average molecular weight is 217 g/mol. The third-order valence-corrected chi connectivity index (χ3v) is 3.02. The minimum absolute atomic E-state index is 0.000602. The van der Waals surface area contributed by atoms with Gasteiger partial charge in [0.15, 0.2) is 0 Å². The number of carbonyl (C=O) groups is 1. The Labute approximate surface area is 92.6 Å². The van der Waals surface area contributed by atoms with Gasteiger partial charge in [0.1, 0.15) is 5.69 Å². The van der Waals surface area contributed by atoms with Crippen molar-refractivity contribution < 1.29 is 4.79 Å². The second-order valence-corrected chi connectivity index (χ2v) is 4.22. The molecule has 3 heteroatoms. The third kappa shape index (κ3) is 1.97. The lowest BCUT2D eigenvalue weighted by Gasteiger charge is -2.02. The van der Waals surface area contributed by atoms with Gasteiger partial charge in [0.2, 0.25) is 5.78 Å². The molecule has 1 aromatic carbocycles. The van der Waals surface area contributed by atoms with Crippen LogP contribution in [0.15, 0.2) is 29.1 Å². The van der Waals surface area contributed by atoms with Crippen LogP contribution in [0.1, 0.15) is 27.2 Å². The van der Waals surface area contributed by atoms with Gasteiger partial charge in [-0.2, -0.15) is 0 Å². The van der Waals surface area contributed by atoms with Gasteiger partial charge in [-0.15, -0.1) is 11.3 Å². The molecular formula is C12H11NOS. The first-order chi connectivity index (χ1) is 7.18. The summed E-state index contributed by atoms with van der Waals surface area (Å²) >= 11 is 1.44. The molecule has 0 aliphatic carbocycles. The van der Waals surface area contributed by atoms with Crippen LogP contribution in [-0.4, -0.2) is 10.8 Å². The van der Waals surface area contributed by atoms with Gasteiger partial charge in [0.25, 0.3) is 0 Å². The van der Waals surface area contributed by atoms with Gasteiger partial charge in [-0.1, -0.05) is 12.1 Å². The summed E-state index contributed by atoms with van der Waals surface area (Å²) in [7, 11) is 0. The van der Waals surface area contributed by atoms with Gasteiger partial charge in [0.05, 0.1) is 5.51 Å². The molecule has 0 spiro atoms. The van der Waals surface area contributed by atoms with E-state index in [0.29, 0.717) is 11.3 Å². The SMILES string of the molecule is Cc1ccc(C(=O)c2cscn2)cc1C. The number of aryl methyl sites for hydroxylation is 2. The quantitative estimate of drug-likeness (QED) is 0.724. The van der Waals surface area contributed by atoms with Crippen molar-refractivity contribution in [3.8, 4) is 0 Å². The topological polar surface area (TPSA) is 30.0 Å². The Hall–Kier alpha value is -1.48. The maximum Gasteiger partial charge on any atom is 0.212 e. The number of hydrogen-bond donors (Lipinski definition) is 0. The summed E-state index contributed by atoms with van der Waals surface area (Å²) in [4.78, 5) is 15.9. The number of carbonyl (C=O) groups excluding carboxylic acids is 1. The van der Waals surface area contributed by atoms with Crippen LogP contribution in [0, 0.1) is 13.8 Å². The fraction of sp³-hybridized carbons (Fsp3) is 0.167. The first-order valence-corrected chi connectivity index (χ1v) is 5.63. The molecule has 2 nitrogen and oxygen atoms in total. The summed E-state index contributed by atoms with van der Waals surface area (Å²) in [5, 5.41) is 1.78. The van der Waals surface area contributed by atoms with Crippen molar-refractivity contribution in [2.45, 2.75) is 13.8 Å². The fourth-order valence-electron chi connectivity index (χ4n) is 1.36. The van der Waals surface area contributed by atoms with Crippen LogP contribution in [0.2, 0.25) is 0 Å². The molecule has 2 aromatic rings. The van der Waals surface area contributed by atoms with Gasteiger partial charge < -0.3 is 0 Å². The summed E-state index contributed by atoms with van der Waals surface area (Å²) in [6.45, 7) is 4.04. The molecule has 1 aromatic heterocycles. The number of benzene rings is 1. The molecule has 0 saturated carbocycles. The normalized spacial score (nSPS) is 10.3. The van der Waals surface area contributed by atoms with Gasteiger partial charge in [-0.25, -0.2) is 4.98 Å². The Bertz CT molecular complexity index is 488. The zero-order chi connectivity index (χ0) is 10.8. The Kier molecular flexibility index (Phi) is 2.64. The van der Waals surface area contributed by atoms with E-state index in [-0.39, 0.29) is 5.78 Å². The summed E-state index contributed by atoms with van der Waals surface area (Å²) < 4.78 is 0. The number of aromatic nitrogens is 1. The molecule has 2 rings (SSSR count). The lowest BCUT2D eigenvalue weighted by Crippen LogP contribution is -2.02. The van der Waals surface area contributed by atoms with E-state index >= 15 is 0 Å². The highest BCUT2D eigenvalue weighted by Gasteiger charge is 2.11. The summed E-state index contributed by atoms with van der Waals surface area (Å²) in [5.74, 6) is -0.000602. The largest absolute Gasteiger partial charge is 0.287 e. The van der Waals surface area contributed by atoms with Gasteiger partial charge in [0, 0.05) is 10.9 Å². The number of nitrogens with zero attached hydrogens (tertiary/aromatic N) is 1. The fourth-order valence-corrected chi connectivity index (χ4v) is 1.89. The molecule has 0 aliphatic heterocycles. The van der Waals surface area contributed by atoms with Crippen molar-refractivity contribution in [2.24, 2.45) is 0 Å². The molecule has 0 atom stereocenters. The average Bonchev–Trinajstić information content (AvgIpc) is 2.74. The van der Waals surface area contributed by atoms with Gasteiger partial charge in [-0.3, -0.25) is 4.79 Å². The molecule has 0 saturated heterocycles. The van der Waals surface area contributed by atoms with Crippen molar-refractivity contribution >= 4 is 17.1 Å². The van der Waals surface area contributed by atoms with Gasteiger partial charge in [-0.05, 0) is 31.0 Å². The Morgan fingerprint density at radius 1 is 1.27 bits per heavy atom. The lowest BCUT2D eigenvalue weighted by atomic mass is 10.0. The molecule has 0 amide bonds. The molecule has 1 heterocycles. The van der Waals surface area contributed by atoms with Crippen LogP contribution in [0.5, 0.6) is 0 Å². The van der Waals surface area contributed by atoms with E-state index in [2.05, 4.69) is 4.98 Å². The molecule has 0 unspecified atom stereocenters. The van der Waals surface area contributed by atoms with Crippen LogP contribution in [0.25, 0.3) is 0 Å². The van der Waals surface area contributed by atoms with Gasteiger partial charge >= 0.3 is 0 Å². The number of ketones is 1. The molecular weight excluding hydrogens is 206 g/mol. The standard InChI is InChI=1S/C12H11NOS/c1-8-3-4-10(5-9(8)2)12(14)11-6-15-7-13-11/h3-7H,1-2H3. The first-order valence-electron chi connectivity index (χ1n) is 4.68. The number of thiazole rings is 1. The monoisotopic (exact) mass is 217 g/mol. The second-order valence-electron chi connectivity index (χ2n) is 3.50. The van der Waals surface area contributed by atoms with E-state index in [9.17, 15) is 4.79 Å².